The van der Waals surface area contributed by atoms with Crippen molar-refractivity contribution in [1.82, 2.24) is 4.98 Å². The first-order valence-electron chi connectivity index (χ1n) is 4.26. The van der Waals surface area contributed by atoms with Gasteiger partial charge in [-0.2, -0.15) is 0 Å². The topological polar surface area (TPSA) is 56.0 Å². The summed E-state index contributed by atoms with van der Waals surface area (Å²) in [5.41, 5.74) is 7.08. The number of aromatic nitrogens is 1. The van der Waals surface area contributed by atoms with Gasteiger partial charge in [0.1, 0.15) is 5.69 Å². The van der Waals surface area contributed by atoms with Crippen molar-refractivity contribution in [2.45, 2.75) is 6.92 Å². The third kappa shape index (κ3) is 1.44. The quantitative estimate of drug-likeness (QED) is 0.730. The number of fused-ring (bicyclic) bond motifs is 1. The van der Waals surface area contributed by atoms with Crippen LogP contribution in [0, 0.1) is 13.0 Å². The lowest BCUT2D eigenvalue weighted by Crippen LogP contribution is -2.12. The number of aryl methyl sites for hydroxylation is 1. The van der Waals surface area contributed by atoms with Gasteiger partial charge in [-0.3, -0.25) is 4.79 Å². The van der Waals surface area contributed by atoms with Crippen LogP contribution in [0.4, 0.5) is 0 Å². The molecule has 0 bridgehead atoms. The maximum Gasteiger partial charge on any atom is 0.267 e. The van der Waals surface area contributed by atoms with E-state index in [-0.39, 0.29) is 5.69 Å². The summed E-state index contributed by atoms with van der Waals surface area (Å²) in [5.74, 6) is -0.512. The number of hydrogen-bond acceptors (Lipinski definition) is 2. The first-order valence-corrected chi connectivity index (χ1v) is 4.26. The van der Waals surface area contributed by atoms with Gasteiger partial charge in [0.05, 0.1) is 5.52 Å². The lowest BCUT2D eigenvalue weighted by molar-refractivity contribution is 0.0996. The smallest absolute Gasteiger partial charge is 0.267 e. The predicted molar refractivity (Wildman–Crippen MR) is 53.8 cm³/mol. The van der Waals surface area contributed by atoms with Crippen LogP contribution in [-0.4, -0.2) is 10.9 Å². The molecule has 0 fully saturated rings. The first kappa shape index (κ1) is 8.69. The zero-order valence-electron chi connectivity index (χ0n) is 7.74. The molecule has 0 aliphatic rings. The van der Waals surface area contributed by atoms with Gasteiger partial charge in [-0.15, -0.1) is 0 Å². The van der Waals surface area contributed by atoms with E-state index in [9.17, 15) is 4.79 Å². The van der Waals surface area contributed by atoms with E-state index in [1.807, 2.05) is 25.1 Å². The summed E-state index contributed by atoms with van der Waals surface area (Å²) in [5, 5.41) is 0.959. The highest BCUT2D eigenvalue weighted by atomic mass is 16.1. The van der Waals surface area contributed by atoms with E-state index in [1.54, 1.807) is 6.07 Å². The summed E-state index contributed by atoms with van der Waals surface area (Å²) < 4.78 is 0. The summed E-state index contributed by atoms with van der Waals surface area (Å²) in [6.45, 7) is 1.93. The number of hydrogen-bond donors (Lipinski definition) is 1. The molecule has 1 amide bonds. The Kier molecular flexibility index (Phi) is 1.93. The van der Waals surface area contributed by atoms with Crippen molar-refractivity contribution in [3.8, 4) is 0 Å². The Balaban J connectivity index is 2.69. The van der Waals surface area contributed by atoms with Crippen LogP contribution in [0.5, 0.6) is 0 Å². The van der Waals surface area contributed by atoms with E-state index in [2.05, 4.69) is 11.1 Å². The lowest BCUT2D eigenvalue weighted by atomic mass is 10.1. The van der Waals surface area contributed by atoms with Crippen LogP contribution in [0.1, 0.15) is 16.1 Å². The van der Waals surface area contributed by atoms with Gasteiger partial charge in [0, 0.05) is 11.5 Å². The van der Waals surface area contributed by atoms with Gasteiger partial charge in [0.15, 0.2) is 0 Å². The average Bonchev–Trinajstić information content (AvgIpc) is 2.16. The van der Waals surface area contributed by atoms with Gasteiger partial charge in [-0.25, -0.2) is 4.98 Å². The van der Waals surface area contributed by atoms with E-state index < -0.39 is 5.91 Å². The van der Waals surface area contributed by atoms with Crippen molar-refractivity contribution in [2.75, 3.05) is 0 Å². The molecule has 69 valence electrons. The summed E-state index contributed by atoms with van der Waals surface area (Å²) >= 11 is 0. The zero-order valence-corrected chi connectivity index (χ0v) is 7.74. The number of nitrogens with zero attached hydrogens (tertiary/aromatic N) is 1. The fraction of sp³-hybridized carbons (Fsp3) is 0.0909. The minimum atomic E-state index is -0.512. The molecule has 0 unspecified atom stereocenters. The molecule has 2 aromatic rings. The molecular weight excluding hydrogens is 176 g/mol. The van der Waals surface area contributed by atoms with Crippen molar-refractivity contribution in [1.29, 1.82) is 0 Å². The molecule has 0 saturated heterocycles. The molecule has 2 rings (SSSR count). The second-order valence-corrected chi connectivity index (χ2v) is 3.14. The number of benzene rings is 1. The Labute approximate surface area is 81.6 Å². The number of nitrogens with two attached hydrogens (primary N) is 1. The minimum absolute atomic E-state index is 0.277. The van der Waals surface area contributed by atoms with Crippen LogP contribution >= 0.6 is 0 Å². The average molecular weight is 185 g/mol. The second-order valence-electron chi connectivity index (χ2n) is 3.14. The number of pyridine rings is 1. The van der Waals surface area contributed by atoms with Crippen LogP contribution in [-0.2, 0) is 0 Å². The molecule has 0 aliphatic heterocycles. The molecule has 1 heterocycles. The fourth-order valence-electron chi connectivity index (χ4n) is 1.28. The summed E-state index contributed by atoms with van der Waals surface area (Å²) in [6.07, 6.45) is 0. The highest BCUT2D eigenvalue weighted by molar-refractivity contribution is 5.93. The van der Waals surface area contributed by atoms with Crippen molar-refractivity contribution < 1.29 is 4.79 Å². The largest absolute Gasteiger partial charge is 0.364 e. The van der Waals surface area contributed by atoms with E-state index in [0.29, 0.717) is 5.52 Å². The molecule has 1 radical (unpaired) electrons. The van der Waals surface area contributed by atoms with Crippen molar-refractivity contribution in [2.24, 2.45) is 5.73 Å². The maximum atomic E-state index is 10.9. The van der Waals surface area contributed by atoms with Gasteiger partial charge in [-0.1, -0.05) is 18.2 Å². The second kappa shape index (κ2) is 3.10. The van der Waals surface area contributed by atoms with Gasteiger partial charge in [-0.05, 0) is 18.6 Å². The molecule has 2 N–H and O–H groups in total. The number of carbonyl (C=O) groups is 1. The van der Waals surface area contributed by atoms with Gasteiger partial charge < -0.3 is 5.73 Å². The summed E-state index contributed by atoms with van der Waals surface area (Å²) in [6, 6.07) is 10.4. The van der Waals surface area contributed by atoms with E-state index in [1.165, 1.54) is 0 Å². The Morgan fingerprint density at radius 1 is 1.36 bits per heavy atom. The molecular formula is C11H9N2O. The van der Waals surface area contributed by atoms with Crippen LogP contribution in [0.15, 0.2) is 24.3 Å². The first-order chi connectivity index (χ1) is 6.66. The van der Waals surface area contributed by atoms with E-state index in [0.717, 1.165) is 10.9 Å². The van der Waals surface area contributed by atoms with Crippen LogP contribution in [0.25, 0.3) is 10.9 Å². The maximum absolute atomic E-state index is 10.9. The number of amides is 1. The van der Waals surface area contributed by atoms with Gasteiger partial charge in [0.25, 0.3) is 5.91 Å². The Bertz CT molecular complexity index is 506. The van der Waals surface area contributed by atoms with Crippen molar-refractivity contribution in [3.05, 3.63) is 41.6 Å². The zero-order chi connectivity index (χ0) is 10.1. The summed E-state index contributed by atoms with van der Waals surface area (Å²) in [4.78, 5) is 15.0. The summed E-state index contributed by atoms with van der Waals surface area (Å²) in [7, 11) is 0. The standard InChI is InChI=1S/C11H9N2O/c1-7-2-3-8-4-5-9(11(12)14)13-10(8)6-7/h2-5H,1H3,(H2,12,14). The van der Waals surface area contributed by atoms with Gasteiger partial charge in [0.2, 0.25) is 0 Å². The molecule has 1 aromatic carbocycles. The molecule has 3 nitrogen and oxygen atoms in total. The Hall–Kier alpha value is -1.90. The lowest BCUT2D eigenvalue weighted by Gasteiger charge is -1.99. The highest BCUT2D eigenvalue weighted by Crippen LogP contribution is 2.13. The highest BCUT2D eigenvalue weighted by Gasteiger charge is 2.03. The third-order valence-corrected chi connectivity index (χ3v) is 2.01. The monoisotopic (exact) mass is 185 g/mol. The molecule has 1 aromatic heterocycles. The van der Waals surface area contributed by atoms with E-state index >= 15 is 0 Å². The van der Waals surface area contributed by atoms with Crippen LogP contribution in [0.3, 0.4) is 0 Å². The number of carbonyl (C=O) groups excluding carboxylic acids is 1. The van der Waals surface area contributed by atoms with E-state index in [4.69, 9.17) is 5.73 Å². The molecule has 3 heteroatoms. The molecule has 14 heavy (non-hydrogen) atoms. The fourth-order valence-corrected chi connectivity index (χ4v) is 1.28. The molecule has 0 atom stereocenters. The Morgan fingerprint density at radius 2 is 2.07 bits per heavy atom. The molecule has 0 saturated carbocycles. The third-order valence-electron chi connectivity index (χ3n) is 2.01. The Morgan fingerprint density at radius 3 is 2.79 bits per heavy atom. The normalized spacial score (nSPS) is 10.4. The predicted octanol–water partition coefficient (Wildman–Crippen LogP) is 1.44. The van der Waals surface area contributed by atoms with Crippen LogP contribution < -0.4 is 5.73 Å². The number of rotatable bonds is 1. The van der Waals surface area contributed by atoms with Crippen molar-refractivity contribution >= 4 is 16.8 Å². The van der Waals surface area contributed by atoms with Crippen molar-refractivity contribution in [3.63, 3.8) is 0 Å². The van der Waals surface area contributed by atoms with Gasteiger partial charge >= 0.3 is 0 Å². The molecule has 0 spiro atoms. The van der Waals surface area contributed by atoms with Crippen LogP contribution in [0.2, 0.25) is 0 Å². The number of primary amides is 1. The minimum Gasteiger partial charge on any atom is -0.364 e. The SMILES string of the molecule is Cc1[c]c2nc(C(N)=O)ccc2cc1. The molecule has 0 aliphatic carbocycles.